The van der Waals surface area contributed by atoms with E-state index in [2.05, 4.69) is 41.5 Å². The summed E-state index contributed by atoms with van der Waals surface area (Å²) in [7, 11) is -9.93. The van der Waals surface area contributed by atoms with E-state index in [9.17, 15) is 43.2 Å². The van der Waals surface area contributed by atoms with Crippen molar-refractivity contribution in [3.05, 3.63) is 0 Å². The maximum absolute atomic E-state index is 13.2. The largest absolute Gasteiger partial charge is 0.472 e. The average molecular weight is 1550 g/mol. The van der Waals surface area contributed by atoms with Crippen LogP contribution in [0.3, 0.4) is 0 Å². The van der Waals surface area contributed by atoms with Gasteiger partial charge in [0, 0.05) is 25.7 Å². The van der Waals surface area contributed by atoms with E-state index < -0.39 is 97.5 Å². The van der Waals surface area contributed by atoms with Crippen molar-refractivity contribution in [1.82, 2.24) is 0 Å². The Hall–Kier alpha value is -1.94. The van der Waals surface area contributed by atoms with Crippen molar-refractivity contribution in [1.29, 1.82) is 0 Å². The molecule has 5 atom stereocenters. The lowest BCUT2D eigenvalue weighted by atomic mass is 10.0. The second kappa shape index (κ2) is 78.3. The average Bonchev–Trinajstić information content (AvgIpc) is 0.911. The number of rotatable bonds is 86. The third kappa shape index (κ3) is 80.1. The summed E-state index contributed by atoms with van der Waals surface area (Å²) >= 11 is 0. The standard InChI is InChI=1S/C87H170O17P2/c1-7-9-11-13-15-17-19-20-21-22-23-24-30-35-40-46-52-58-64-70-85(90)98-76-83(104-87(92)71-65-59-53-47-41-36-31-26-25-28-33-38-43-49-55-61-67-79(3)4)78-102-106(95,96)100-74-81(88)73-99-105(93,94)101-77-82(75-97-84(89)69-63-57-51-45-18-16-14-12-10-8-2)103-86(91)72-66-60-54-48-42-37-32-27-29-34-39-44-50-56-62-68-80(5)6/h79-83,88H,7-78H2,1-6H3,(H,93,94)(H,95,96)/t81-,82+,83+/m0/s1. The maximum atomic E-state index is 13.2. The molecule has 0 saturated carbocycles. The minimum Gasteiger partial charge on any atom is -0.462 e. The van der Waals surface area contributed by atoms with Gasteiger partial charge in [-0.1, -0.05) is 414 Å². The first kappa shape index (κ1) is 104. The predicted molar refractivity (Wildman–Crippen MR) is 437 cm³/mol. The first-order valence-electron chi connectivity index (χ1n) is 45.0. The molecule has 0 heterocycles. The summed E-state index contributed by atoms with van der Waals surface area (Å²) in [6.45, 7) is 9.73. The Labute approximate surface area is 651 Å². The van der Waals surface area contributed by atoms with Crippen LogP contribution in [0, 0.1) is 11.8 Å². The molecule has 3 N–H and O–H groups in total. The first-order chi connectivity index (χ1) is 51.4. The number of esters is 4. The molecule has 106 heavy (non-hydrogen) atoms. The van der Waals surface area contributed by atoms with Crippen LogP contribution in [0.25, 0.3) is 0 Å². The fourth-order valence-corrected chi connectivity index (χ4v) is 15.2. The lowest BCUT2D eigenvalue weighted by Crippen LogP contribution is -2.30. The summed E-state index contributed by atoms with van der Waals surface area (Å²) in [5.41, 5.74) is 0. The topological polar surface area (TPSA) is 237 Å². The van der Waals surface area contributed by atoms with Gasteiger partial charge in [0.2, 0.25) is 0 Å². The van der Waals surface area contributed by atoms with Crippen LogP contribution in [0.4, 0.5) is 0 Å². The Bertz CT molecular complexity index is 2030. The van der Waals surface area contributed by atoms with Crippen LogP contribution < -0.4 is 0 Å². The third-order valence-corrected chi connectivity index (χ3v) is 22.4. The molecule has 19 heteroatoms. The van der Waals surface area contributed by atoms with Crippen LogP contribution in [0.15, 0.2) is 0 Å². The van der Waals surface area contributed by atoms with Crippen LogP contribution in [0.1, 0.15) is 465 Å². The van der Waals surface area contributed by atoms with Crippen molar-refractivity contribution in [3.63, 3.8) is 0 Å². The van der Waals surface area contributed by atoms with E-state index in [1.807, 2.05) is 0 Å². The normalized spacial score (nSPS) is 13.8. The lowest BCUT2D eigenvalue weighted by Gasteiger charge is -2.21. The Balaban J connectivity index is 5.23. The van der Waals surface area contributed by atoms with E-state index in [0.29, 0.717) is 25.7 Å². The number of hydrogen-bond acceptors (Lipinski definition) is 15. The highest BCUT2D eigenvalue weighted by Crippen LogP contribution is 2.45. The number of hydrogen-bond donors (Lipinski definition) is 3. The van der Waals surface area contributed by atoms with Gasteiger partial charge in [0.15, 0.2) is 12.2 Å². The zero-order valence-corrected chi connectivity index (χ0v) is 71.5. The van der Waals surface area contributed by atoms with Gasteiger partial charge in [0.1, 0.15) is 19.3 Å². The molecule has 0 fully saturated rings. The van der Waals surface area contributed by atoms with Gasteiger partial charge in [-0.15, -0.1) is 0 Å². The van der Waals surface area contributed by atoms with Crippen LogP contribution in [0.2, 0.25) is 0 Å². The van der Waals surface area contributed by atoms with Gasteiger partial charge in [0.05, 0.1) is 26.4 Å². The number of aliphatic hydroxyl groups excluding tert-OH is 1. The Kier molecular flexibility index (Phi) is 76.9. The van der Waals surface area contributed by atoms with Crippen molar-refractivity contribution in [2.24, 2.45) is 11.8 Å². The molecular formula is C87H170O17P2. The Morgan fingerprint density at radius 2 is 0.434 bits per heavy atom. The van der Waals surface area contributed by atoms with E-state index in [1.165, 1.54) is 283 Å². The van der Waals surface area contributed by atoms with Gasteiger partial charge in [-0.3, -0.25) is 37.3 Å². The summed E-state index contributed by atoms with van der Waals surface area (Å²) in [6.07, 6.45) is 70.8. The van der Waals surface area contributed by atoms with E-state index in [1.54, 1.807) is 0 Å². The molecule has 0 aromatic rings. The molecule has 0 aliphatic rings. The SMILES string of the molecule is CCCCCCCCCCCCCCCCCCCCCC(=O)OC[C@H](COP(=O)(O)OC[C@@H](O)COP(=O)(O)OC[C@@H](COC(=O)CCCCCCCCCCCC)OC(=O)CCCCCCCCCCCCCCCCCC(C)C)OC(=O)CCCCCCCCCCCCCCCCCCC(C)C. The number of phosphoric ester groups is 2. The molecular weight excluding hydrogens is 1380 g/mol. The van der Waals surface area contributed by atoms with Crippen molar-refractivity contribution < 1.29 is 80.2 Å². The zero-order chi connectivity index (χ0) is 77.8. The summed E-state index contributed by atoms with van der Waals surface area (Å²) in [5, 5.41) is 10.7. The quantitative estimate of drug-likeness (QED) is 0.0222. The monoisotopic (exact) mass is 1550 g/mol. The molecule has 17 nitrogen and oxygen atoms in total. The molecule has 0 amide bonds. The number of ether oxygens (including phenoxy) is 4. The maximum Gasteiger partial charge on any atom is 0.472 e. The second-order valence-corrected chi connectivity index (χ2v) is 35.1. The molecule has 0 bridgehead atoms. The summed E-state index contributed by atoms with van der Waals surface area (Å²) in [5.74, 6) is -0.488. The third-order valence-electron chi connectivity index (χ3n) is 20.5. The fraction of sp³-hybridized carbons (Fsp3) is 0.954. The summed E-state index contributed by atoms with van der Waals surface area (Å²) in [4.78, 5) is 73.2. The molecule has 0 aliphatic carbocycles. The molecule has 0 aliphatic heterocycles. The van der Waals surface area contributed by atoms with Crippen molar-refractivity contribution >= 4 is 39.5 Å². The van der Waals surface area contributed by atoms with Gasteiger partial charge in [-0.25, -0.2) is 9.13 Å². The summed E-state index contributed by atoms with van der Waals surface area (Å²) < 4.78 is 68.9. The molecule has 0 radical (unpaired) electrons. The van der Waals surface area contributed by atoms with E-state index >= 15 is 0 Å². The number of aliphatic hydroxyl groups is 1. The first-order valence-corrected chi connectivity index (χ1v) is 48.0. The minimum atomic E-state index is -4.97. The van der Waals surface area contributed by atoms with Crippen LogP contribution in [-0.4, -0.2) is 96.7 Å². The zero-order valence-electron chi connectivity index (χ0n) is 69.7. The van der Waals surface area contributed by atoms with E-state index in [-0.39, 0.29) is 25.7 Å². The van der Waals surface area contributed by atoms with Crippen LogP contribution in [0.5, 0.6) is 0 Å². The van der Waals surface area contributed by atoms with Crippen molar-refractivity contribution in [2.75, 3.05) is 39.6 Å². The van der Waals surface area contributed by atoms with Gasteiger partial charge in [-0.2, -0.15) is 0 Å². The van der Waals surface area contributed by atoms with Crippen LogP contribution >= 0.6 is 15.6 Å². The number of carbonyl (C=O) groups excluding carboxylic acids is 4. The molecule has 0 saturated heterocycles. The molecule has 0 aromatic carbocycles. The minimum absolute atomic E-state index is 0.108. The second-order valence-electron chi connectivity index (χ2n) is 32.2. The number of carbonyl (C=O) groups is 4. The molecule has 630 valence electrons. The van der Waals surface area contributed by atoms with Crippen molar-refractivity contribution in [2.45, 2.75) is 484 Å². The highest BCUT2D eigenvalue weighted by Gasteiger charge is 2.30. The number of unbranched alkanes of at least 4 members (excludes halogenated alkanes) is 56. The lowest BCUT2D eigenvalue weighted by molar-refractivity contribution is -0.161. The molecule has 0 rings (SSSR count). The Morgan fingerprint density at radius 3 is 0.642 bits per heavy atom. The highest BCUT2D eigenvalue weighted by molar-refractivity contribution is 7.47. The highest BCUT2D eigenvalue weighted by atomic mass is 31.2. The molecule has 2 unspecified atom stereocenters. The predicted octanol–water partition coefficient (Wildman–Crippen LogP) is 26.6. The smallest absolute Gasteiger partial charge is 0.462 e. The van der Waals surface area contributed by atoms with E-state index in [0.717, 1.165) is 102 Å². The molecule has 0 spiro atoms. The summed E-state index contributed by atoms with van der Waals surface area (Å²) in [6, 6.07) is 0. The van der Waals surface area contributed by atoms with Gasteiger partial charge < -0.3 is 33.8 Å². The van der Waals surface area contributed by atoms with Gasteiger partial charge in [0.25, 0.3) is 0 Å². The van der Waals surface area contributed by atoms with Gasteiger partial charge >= 0.3 is 39.5 Å². The van der Waals surface area contributed by atoms with E-state index in [4.69, 9.17) is 37.0 Å². The number of phosphoric acid groups is 2. The van der Waals surface area contributed by atoms with Crippen LogP contribution in [-0.2, 0) is 65.4 Å². The van der Waals surface area contributed by atoms with Crippen molar-refractivity contribution in [3.8, 4) is 0 Å². The molecule has 0 aromatic heterocycles. The van der Waals surface area contributed by atoms with Gasteiger partial charge in [-0.05, 0) is 37.5 Å². The fourth-order valence-electron chi connectivity index (χ4n) is 13.6. The Morgan fingerprint density at radius 1 is 0.255 bits per heavy atom.